The first-order valence-electron chi connectivity index (χ1n) is 7.05. The predicted octanol–water partition coefficient (Wildman–Crippen LogP) is 1.77. The number of amides is 2. The van der Waals surface area contributed by atoms with E-state index in [4.69, 9.17) is 0 Å². The molecule has 5 nitrogen and oxygen atoms in total. The van der Waals surface area contributed by atoms with E-state index in [2.05, 4.69) is 16.0 Å². The summed E-state index contributed by atoms with van der Waals surface area (Å²) in [7, 11) is 1.71. The van der Waals surface area contributed by atoms with Gasteiger partial charge < -0.3 is 16.0 Å². The van der Waals surface area contributed by atoms with Gasteiger partial charge in [0.25, 0.3) is 5.91 Å². The molecule has 0 aliphatic heterocycles. The molecule has 0 fully saturated rings. The minimum Gasteiger partial charge on any atom is -0.348 e. The zero-order valence-electron chi connectivity index (χ0n) is 12.4. The van der Waals surface area contributed by atoms with Gasteiger partial charge in [0.2, 0.25) is 5.91 Å². The Bertz CT molecular complexity index is 624. The molecule has 0 unspecified atom stereocenters. The highest BCUT2D eigenvalue weighted by molar-refractivity contribution is 5.96. The summed E-state index contributed by atoms with van der Waals surface area (Å²) >= 11 is 0. The fourth-order valence-corrected chi connectivity index (χ4v) is 1.95. The molecule has 0 aliphatic rings. The molecule has 5 heteroatoms. The van der Waals surface area contributed by atoms with Gasteiger partial charge >= 0.3 is 0 Å². The van der Waals surface area contributed by atoms with Crippen molar-refractivity contribution in [3.8, 4) is 0 Å². The number of carbonyl (C=O) groups excluding carboxylic acids is 2. The van der Waals surface area contributed by atoms with Gasteiger partial charge in [-0.25, -0.2) is 0 Å². The van der Waals surface area contributed by atoms with E-state index in [1.807, 2.05) is 30.3 Å². The second kappa shape index (κ2) is 7.95. The highest BCUT2D eigenvalue weighted by Gasteiger charge is 2.06. The van der Waals surface area contributed by atoms with Crippen LogP contribution >= 0.6 is 0 Å². The average Bonchev–Trinajstić information content (AvgIpc) is 2.54. The summed E-state index contributed by atoms with van der Waals surface area (Å²) in [5.41, 5.74) is 2.27. The Morgan fingerprint density at radius 2 is 1.64 bits per heavy atom. The van der Waals surface area contributed by atoms with E-state index in [-0.39, 0.29) is 18.4 Å². The molecule has 0 heterocycles. The summed E-state index contributed by atoms with van der Waals surface area (Å²) in [5, 5.41) is 8.37. The smallest absolute Gasteiger partial charge is 0.251 e. The largest absolute Gasteiger partial charge is 0.348 e. The van der Waals surface area contributed by atoms with Crippen LogP contribution in [-0.4, -0.2) is 25.4 Å². The number of hydrogen-bond acceptors (Lipinski definition) is 3. The van der Waals surface area contributed by atoms with Crippen molar-refractivity contribution in [3.63, 3.8) is 0 Å². The lowest BCUT2D eigenvalue weighted by atomic mass is 10.1. The summed E-state index contributed by atoms with van der Waals surface area (Å²) < 4.78 is 0. The molecule has 2 aromatic rings. The van der Waals surface area contributed by atoms with E-state index < -0.39 is 0 Å². The third-order valence-electron chi connectivity index (χ3n) is 3.06. The number of rotatable bonds is 6. The van der Waals surface area contributed by atoms with E-state index in [1.165, 1.54) is 0 Å². The molecule has 0 aliphatic carbocycles. The summed E-state index contributed by atoms with van der Waals surface area (Å²) in [6.45, 7) is 0.736. The van der Waals surface area contributed by atoms with Gasteiger partial charge in [0.05, 0.1) is 6.54 Å². The molecule has 0 atom stereocenters. The summed E-state index contributed by atoms with van der Waals surface area (Å²) in [6, 6.07) is 16.5. The number of nitrogens with one attached hydrogen (secondary N) is 3. The average molecular weight is 297 g/mol. The Hall–Kier alpha value is -2.66. The zero-order valence-corrected chi connectivity index (χ0v) is 12.4. The van der Waals surface area contributed by atoms with Crippen LogP contribution < -0.4 is 16.0 Å². The number of carbonyl (C=O) groups is 2. The van der Waals surface area contributed by atoms with E-state index in [0.717, 1.165) is 5.56 Å². The molecule has 0 aromatic heterocycles. The number of likely N-dealkylation sites (N-methyl/N-ethyl adjacent to an activating group) is 1. The Kier molecular flexibility index (Phi) is 5.68. The first kappa shape index (κ1) is 15.7. The summed E-state index contributed by atoms with van der Waals surface area (Å²) in [5.74, 6) is -0.263. The Morgan fingerprint density at radius 3 is 2.27 bits per heavy atom. The zero-order chi connectivity index (χ0) is 15.8. The maximum atomic E-state index is 12.0. The van der Waals surface area contributed by atoms with Crippen molar-refractivity contribution in [2.75, 3.05) is 18.9 Å². The van der Waals surface area contributed by atoms with Crippen LogP contribution in [0.5, 0.6) is 0 Å². The molecule has 2 amide bonds. The minimum absolute atomic E-state index is 0.122. The Morgan fingerprint density at radius 1 is 0.955 bits per heavy atom. The fraction of sp³-hybridized carbons (Fsp3) is 0.176. The molecular formula is C17H19N3O2. The highest BCUT2D eigenvalue weighted by Crippen LogP contribution is 2.09. The van der Waals surface area contributed by atoms with Gasteiger partial charge in [0, 0.05) is 17.8 Å². The van der Waals surface area contributed by atoms with Crippen molar-refractivity contribution in [3.05, 3.63) is 65.7 Å². The molecule has 0 saturated carbocycles. The Balaban J connectivity index is 1.89. The van der Waals surface area contributed by atoms with Gasteiger partial charge in [-0.2, -0.15) is 0 Å². The van der Waals surface area contributed by atoms with Gasteiger partial charge in [-0.1, -0.05) is 30.3 Å². The number of hydrogen-bond donors (Lipinski definition) is 3. The maximum absolute atomic E-state index is 12.0. The van der Waals surface area contributed by atoms with Gasteiger partial charge in [-0.3, -0.25) is 9.59 Å². The molecule has 2 rings (SSSR count). The van der Waals surface area contributed by atoms with Crippen molar-refractivity contribution >= 4 is 17.5 Å². The van der Waals surface area contributed by atoms with Gasteiger partial charge in [0.1, 0.15) is 0 Å². The number of benzene rings is 2. The first-order valence-corrected chi connectivity index (χ1v) is 7.05. The van der Waals surface area contributed by atoms with Crippen molar-refractivity contribution in [2.24, 2.45) is 0 Å². The number of anilines is 1. The molecule has 0 radical (unpaired) electrons. The third-order valence-corrected chi connectivity index (χ3v) is 3.06. The van der Waals surface area contributed by atoms with E-state index >= 15 is 0 Å². The van der Waals surface area contributed by atoms with Gasteiger partial charge in [-0.15, -0.1) is 0 Å². The topological polar surface area (TPSA) is 70.2 Å². The second-order valence-corrected chi connectivity index (χ2v) is 4.82. The third kappa shape index (κ3) is 4.71. The van der Waals surface area contributed by atoms with Crippen molar-refractivity contribution in [1.29, 1.82) is 0 Å². The summed E-state index contributed by atoms with van der Waals surface area (Å²) in [4.78, 5) is 23.5. The Labute approximate surface area is 129 Å². The molecule has 0 bridgehead atoms. The lowest BCUT2D eigenvalue weighted by Gasteiger charge is -2.07. The molecule has 0 spiro atoms. The van der Waals surface area contributed by atoms with E-state index in [0.29, 0.717) is 17.8 Å². The minimum atomic E-state index is -0.142. The monoisotopic (exact) mass is 297 g/mol. The molecule has 22 heavy (non-hydrogen) atoms. The van der Waals surface area contributed by atoms with Crippen molar-refractivity contribution < 1.29 is 9.59 Å². The normalized spacial score (nSPS) is 10.0. The fourth-order valence-electron chi connectivity index (χ4n) is 1.95. The second-order valence-electron chi connectivity index (χ2n) is 4.82. The SMILES string of the molecule is CNCC(=O)Nc1ccc(C(=O)NCc2ccccc2)cc1. The van der Waals surface area contributed by atoms with Crippen LogP contribution in [0.25, 0.3) is 0 Å². The van der Waals surface area contributed by atoms with Crippen molar-refractivity contribution in [1.82, 2.24) is 10.6 Å². The highest BCUT2D eigenvalue weighted by atomic mass is 16.2. The van der Waals surface area contributed by atoms with Gasteiger partial charge in [-0.05, 0) is 36.9 Å². The molecule has 2 aromatic carbocycles. The molecular weight excluding hydrogens is 278 g/mol. The van der Waals surface area contributed by atoms with Crippen LogP contribution in [0.15, 0.2) is 54.6 Å². The van der Waals surface area contributed by atoms with Crippen LogP contribution in [0, 0.1) is 0 Å². The summed E-state index contributed by atoms with van der Waals surface area (Å²) in [6.07, 6.45) is 0. The molecule has 3 N–H and O–H groups in total. The molecule has 0 saturated heterocycles. The lowest BCUT2D eigenvalue weighted by molar-refractivity contribution is -0.115. The van der Waals surface area contributed by atoms with Crippen LogP contribution in [0.2, 0.25) is 0 Å². The van der Waals surface area contributed by atoms with Crippen LogP contribution in [0.3, 0.4) is 0 Å². The first-order chi connectivity index (χ1) is 10.7. The van der Waals surface area contributed by atoms with E-state index in [9.17, 15) is 9.59 Å². The standard InChI is InChI=1S/C17H19N3O2/c1-18-12-16(21)20-15-9-7-14(8-10-15)17(22)19-11-13-5-3-2-4-6-13/h2-10,18H,11-12H2,1H3,(H,19,22)(H,20,21). The van der Waals surface area contributed by atoms with Crippen LogP contribution in [0.1, 0.15) is 15.9 Å². The molecule has 114 valence electrons. The quantitative estimate of drug-likeness (QED) is 0.761. The van der Waals surface area contributed by atoms with Crippen LogP contribution in [0.4, 0.5) is 5.69 Å². The van der Waals surface area contributed by atoms with Crippen LogP contribution in [-0.2, 0) is 11.3 Å². The predicted molar refractivity (Wildman–Crippen MR) is 86.6 cm³/mol. The van der Waals surface area contributed by atoms with E-state index in [1.54, 1.807) is 31.3 Å². The van der Waals surface area contributed by atoms with Gasteiger partial charge in [0.15, 0.2) is 0 Å². The maximum Gasteiger partial charge on any atom is 0.251 e. The van der Waals surface area contributed by atoms with Crippen molar-refractivity contribution in [2.45, 2.75) is 6.54 Å². The lowest BCUT2D eigenvalue weighted by Crippen LogP contribution is -2.25.